The number of hydrogen-bond acceptors (Lipinski definition) is 3. The summed E-state index contributed by atoms with van der Waals surface area (Å²) < 4.78 is 2.75. The van der Waals surface area contributed by atoms with Gasteiger partial charge in [0.15, 0.2) is 5.69 Å². The van der Waals surface area contributed by atoms with E-state index in [0.29, 0.717) is 12.2 Å². The zero-order valence-electron chi connectivity index (χ0n) is 15.4. The zero-order chi connectivity index (χ0) is 19.0. The van der Waals surface area contributed by atoms with Crippen LogP contribution in [0.4, 0.5) is 0 Å². The second-order valence-corrected chi connectivity index (χ2v) is 7.90. The topological polar surface area (TPSA) is 75.6 Å². The van der Waals surface area contributed by atoms with Crippen molar-refractivity contribution in [3.05, 3.63) is 63.1 Å². The molecule has 27 heavy (non-hydrogen) atoms. The van der Waals surface area contributed by atoms with E-state index < -0.39 is 0 Å². The summed E-state index contributed by atoms with van der Waals surface area (Å²) in [5, 5.41) is 14.9. The molecule has 1 aliphatic carbocycles. The number of aromatic amines is 1. The number of hydrogen-bond donors (Lipinski definition) is 2. The van der Waals surface area contributed by atoms with Gasteiger partial charge < -0.3 is 5.32 Å². The van der Waals surface area contributed by atoms with E-state index in [1.807, 2.05) is 22.9 Å². The minimum atomic E-state index is -0.203. The van der Waals surface area contributed by atoms with E-state index >= 15 is 0 Å². The Morgan fingerprint density at radius 3 is 2.78 bits per heavy atom. The van der Waals surface area contributed by atoms with Crippen LogP contribution in [-0.2, 0) is 19.4 Å². The largest absolute Gasteiger partial charge is 0.345 e. The molecule has 0 fully saturated rings. The molecule has 0 saturated carbocycles. The molecule has 0 atom stereocenters. The van der Waals surface area contributed by atoms with E-state index in [2.05, 4.69) is 57.4 Å². The van der Waals surface area contributed by atoms with Gasteiger partial charge in [0.1, 0.15) is 0 Å². The Labute approximate surface area is 166 Å². The van der Waals surface area contributed by atoms with Crippen LogP contribution in [0.5, 0.6) is 0 Å². The first-order valence-corrected chi connectivity index (χ1v) is 10.0. The van der Waals surface area contributed by atoms with Crippen molar-refractivity contribution in [2.75, 3.05) is 0 Å². The molecule has 6 nitrogen and oxygen atoms in total. The summed E-state index contributed by atoms with van der Waals surface area (Å²) in [6, 6.07) is 10.1. The van der Waals surface area contributed by atoms with E-state index in [9.17, 15) is 4.79 Å². The second kappa shape index (κ2) is 7.31. The smallest absolute Gasteiger partial charge is 0.273 e. The molecule has 1 amide bonds. The van der Waals surface area contributed by atoms with Crippen LogP contribution in [0.15, 0.2) is 34.8 Å². The van der Waals surface area contributed by atoms with Crippen molar-refractivity contribution in [2.24, 2.45) is 0 Å². The van der Waals surface area contributed by atoms with Crippen molar-refractivity contribution in [1.29, 1.82) is 0 Å². The number of halogens is 1. The maximum atomic E-state index is 12.6. The fraction of sp³-hybridized carbons (Fsp3) is 0.350. The van der Waals surface area contributed by atoms with Crippen LogP contribution in [-0.4, -0.2) is 25.9 Å². The fourth-order valence-corrected chi connectivity index (χ4v) is 4.38. The minimum absolute atomic E-state index is 0.203. The van der Waals surface area contributed by atoms with Gasteiger partial charge in [0.2, 0.25) is 0 Å². The maximum absolute atomic E-state index is 12.6. The number of rotatable bonds is 5. The summed E-state index contributed by atoms with van der Waals surface area (Å²) in [5.74, 6) is 0.0595. The monoisotopic (exact) mass is 427 g/mol. The fourth-order valence-electron chi connectivity index (χ4n) is 3.56. The van der Waals surface area contributed by atoms with E-state index in [4.69, 9.17) is 5.10 Å². The predicted octanol–water partition coefficient (Wildman–Crippen LogP) is 3.90. The SMILES string of the molecule is CC(C)c1[nH]nc(C(=O)NCc2nn(-c3ccccc3)c3c2CCC3)c1Br. The third-order valence-electron chi connectivity index (χ3n) is 4.96. The van der Waals surface area contributed by atoms with Crippen molar-refractivity contribution in [3.8, 4) is 5.69 Å². The molecular weight excluding hydrogens is 406 g/mol. The third-order valence-corrected chi connectivity index (χ3v) is 5.76. The molecule has 0 radical (unpaired) electrons. The summed E-state index contributed by atoms with van der Waals surface area (Å²) >= 11 is 3.49. The van der Waals surface area contributed by atoms with E-state index in [1.54, 1.807) is 0 Å². The Bertz CT molecular complexity index is 974. The van der Waals surface area contributed by atoms with Crippen LogP contribution < -0.4 is 5.32 Å². The summed E-state index contributed by atoms with van der Waals surface area (Å²) in [5.41, 5.74) is 5.84. The summed E-state index contributed by atoms with van der Waals surface area (Å²) in [6.07, 6.45) is 3.16. The lowest BCUT2D eigenvalue weighted by molar-refractivity contribution is 0.0944. The number of amides is 1. The molecular formula is C20H22BrN5O. The van der Waals surface area contributed by atoms with Crippen molar-refractivity contribution in [1.82, 2.24) is 25.3 Å². The summed E-state index contributed by atoms with van der Waals surface area (Å²) in [4.78, 5) is 12.6. The van der Waals surface area contributed by atoms with Crippen LogP contribution in [0.3, 0.4) is 0 Å². The molecule has 1 aliphatic rings. The van der Waals surface area contributed by atoms with Gasteiger partial charge in [-0.1, -0.05) is 32.0 Å². The van der Waals surface area contributed by atoms with Crippen molar-refractivity contribution in [2.45, 2.75) is 45.6 Å². The molecule has 3 aromatic rings. The van der Waals surface area contributed by atoms with Crippen LogP contribution in [0.1, 0.15) is 59.3 Å². The van der Waals surface area contributed by atoms with Gasteiger partial charge in [-0.2, -0.15) is 10.2 Å². The number of aromatic nitrogens is 4. The average Bonchev–Trinajstić information content (AvgIpc) is 3.35. The number of nitrogens with one attached hydrogen (secondary N) is 2. The van der Waals surface area contributed by atoms with Crippen molar-refractivity contribution < 1.29 is 4.79 Å². The Morgan fingerprint density at radius 1 is 1.30 bits per heavy atom. The molecule has 0 spiro atoms. The van der Waals surface area contributed by atoms with Crippen molar-refractivity contribution >= 4 is 21.8 Å². The molecule has 0 saturated heterocycles. The number of para-hydroxylation sites is 1. The normalized spacial score (nSPS) is 13.2. The molecule has 2 N–H and O–H groups in total. The number of carbonyl (C=O) groups is 1. The van der Waals surface area contributed by atoms with Crippen molar-refractivity contribution in [3.63, 3.8) is 0 Å². The highest BCUT2D eigenvalue weighted by Crippen LogP contribution is 2.28. The van der Waals surface area contributed by atoms with Crippen LogP contribution >= 0.6 is 15.9 Å². The average molecular weight is 428 g/mol. The second-order valence-electron chi connectivity index (χ2n) is 7.11. The van der Waals surface area contributed by atoms with Gasteiger partial charge in [-0.25, -0.2) is 4.68 Å². The molecule has 0 aliphatic heterocycles. The van der Waals surface area contributed by atoms with Gasteiger partial charge in [-0.3, -0.25) is 9.89 Å². The highest BCUT2D eigenvalue weighted by molar-refractivity contribution is 9.10. The Hall–Kier alpha value is -2.41. The Kier molecular flexibility index (Phi) is 4.86. The molecule has 0 unspecified atom stereocenters. The molecule has 1 aromatic carbocycles. The van der Waals surface area contributed by atoms with E-state index in [0.717, 1.165) is 40.8 Å². The first kappa shape index (κ1) is 18.0. The number of carbonyl (C=O) groups excluding carboxylic acids is 1. The third kappa shape index (κ3) is 3.32. The summed E-state index contributed by atoms with van der Waals surface area (Å²) in [6.45, 7) is 4.51. The first-order chi connectivity index (χ1) is 13.1. The molecule has 0 bridgehead atoms. The number of benzene rings is 1. The lowest BCUT2D eigenvalue weighted by Gasteiger charge is -2.05. The minimum Gasteiger partial charge on any atom is -0.345 e. The van der Waals surface area contributed by atoms with E-state index in [-0.39, 0.29) is 11.8 Å². The van der Waals surface area contributed by atoms with E-state index in [1.165, 1.54) is 11.3 Å². The number of H-pyrrole nitrogens is 1. The summed E-state index contributed by atoms with van der Waals surface area (Å²) in [7, 11) is 0. The lowest BCUT2D eigenvalue weighted by Crippen LogP contribution is -2.24. The number of nitrogens with zero attached hydrogens (tertiary/aromatic N) is 3. The van der Waals surface area contributed by atoms with Gasteiger partial charge in [0, 0.05) is 5.69 Å². The quantitative estimate of drug-likeness (QED) is 0.647. The predicted molar refractivity (Wildman–Crippen MR) is 107 cm³/mol. The van der Waals surface area contributed by atoms with Crippen LogP contribution in [0, 0.1) is 0 Å². The highest BCUT2D eigenvalue weighted by Gasteiger charge is 2.24. The maximum Gasteiger partial charge on any atom is 0.273 e. The van der Waals surface area contributed by atoms with Gasteiger partial charge in [-0.05, 0) is 58.8 Å². The molecule has 2 heterocycles. The first-order valence-electron chi connectivity index (χ1n) is 9.23. The molecule has 4 rings (SSSR count). The molecule has 7 heteroatoms. The highest BCUT2D eigenvalue weighted by atomic mass is 79.9. The molecule has 2 aromatic heterocycles. The van der Waals surface area contributed by atoms with Gasteiger partial charge >= 0.3 is 0 Å². The lowest BCUT2D eigenvalue weighted by atomic mass is 10.1. The van der Waals surface area contributed by atoms with Gasteiger partial charge in [0.25, 0.3) is 5.91 Å². The Morgan fingerprint density at radius 2 is 2.07 bits per heavy atom. The van der Waals surface area contributed by atoms with Gasteiger partial charge in [-0.15, -0.1) is 0 Å². The van der Waals surface area contributed by atoms with Crippen LogP contribution in [0.25, 0.3) is 5.69 Å². The van der Waals surface area contributed by atoms with Crippen LogP contribution in [0.2, 0.25) is 0 Å². The standard InChI is InChI=1S/C20H22BrN5O/c1-12(2)18-17(21)19(24-23-18)20(27)22-11-15-14-9-6-10-16(14)26(25-15)13-7-4-3-5-8-13/h3-5,7-8,12H,6,9-11H2,1-2H3,(H,22,27)(H,23,24). The molecule has 140 valence electrons. The zero-order valence-corrected chi connectivity index (χ0v) is 17.0. The van der Waals surface area contributed by atoms with Gasteiger partial charge in [0.05, 0.1) is 28.1 Å². The Balaban J connectivity index is 1.55. The number of fused-ring (bicyclic) bond motifs is 1.